The molecule has 2 aliphatic carbocycles. The third-order valence-corrected chi connectivity index (χ3v) is 8.27. The largest absolute Gasteiger partial charge is 0.300 e. The van der Waals surface area contributed by atoms with Crippen molar-refractivity contribution in [2.24, 2.45) is 17.8 Å². The van der Waals surface area contributed by atoms with E-state index in [4.69, 9.17) is 0 Å². The van der Waals surface area contributed by atoms with Crippen molar-refractivity contribution in [3.8, 4) is 0 Å². The first-order chi connectivity index (χ1) is 18.4. The highest BCUT2D eigenvalue weighted by atomic mass is 16.1. The minimum atomic E-state index is -0.0744. The van der Waals surface area contributed by atoms with Crippen molar-refractivity contribution < 1.29 is 14.4 Å². The Balaban J connectivity index is 0.000000718. The van der Waals surface area contributed by atoms with E-state index in [0.717, 1.165) is 43.2 Å². The summed E-state index contributed by atoms with van der Waals surface area (Å²) in [6.45, 7) is 20.7. The van der Waals surface area contributed by atoms with Crippen molar-refractivity contribution in [2.75, 3.05) is 0 Å². The lowest BCUT2D eigenvalue weighted by Crippen LogP contribution is -2.30. The van der Waals surface area contributed by atoms with Crippen LogP contribution in [-0.4, -0.2) is 17.3 Å². The van der Waals surface area contributed by atoms with E-state index in [-0.39, 0.29) is 41.5 Å². The number of aryl methyl sites for hydroxylation is 1. The second-order valence-corrected chi connectivity index (χ2v) is 12.4. The van der Waals surface area contributed by atoms with E-state index in [1.165, 1.54) is 49.3 Å². The summed E-state index contributed by atoms with van der Waals surface area (Å²) in [5.41, 5.74) is 7.42. The highest BCUT2D eigenvalue weighted by Gasteiger charge is 2.34. The van der Waals surface area contributed by atoms with Gasteiger partial charge in [0.1, 0.15) is 11.6 Å². The fourth-order valence-corrected chi connectivity index (χ4v) is 6.31. The third kappa shape index (κ3) is 10.8. The standard InChI is InChI=1S/C27H40O3.C6H10.C3H8/c1-8-10-21(22(9-2)25(29)12-18(6)28)13-20-14-24-23(16(3)4)11-17(5)19(7)27(24)26(30)15-20;1-6-4-2-3-5-6;1-3-2/h11,16,20-22H,8-10,12-15H2,1-7H3;4H,2-3,5H2,1H3;3H2,1-2H3. The average molecular weight is 539 g/mol. The number of carbonyl (C=O) groups excluding carboxylic acids is 3. The molecule has 3 unspecified atom stereocenters. The zero-order valence-corrected chi connectivity index (χ0v) is 27.0. The molecule has 0 radical (unpaired) electrons. The molecule has 220 valence electrons. The minimum Gasteiger partial charge on any atom is -0.300 e. The lowest BCUT2D eigenvalue weighted by molar-refractivity contribution is -0.129. The SMILES string of the molecule is CC1=CCCC1.CCC.CCCC(CC1CC(=O)c2c(C)c(C)cc(C(C)C)c2C1)C(CC)C(=O)CC(C)=O. The molecule has 3 rings (SSSR count). The van der Waals surface area contributed by atoms with Crippen LogP contribution >= 0.6 is 0 Å². The van der Waals surface area contributed by atoms with Crippen LogP contribution in [0.15, 0.2) is 17.7 Å². The van der Waals surface area contributed by atoms with Gasteiger partial charge in [0, 0.05) is 17.9 Å². The molecule has 0 N–H and O–H groups in total. The quantitative estimate of drug-likeness (QED) is 0.220. The summed E-state index contributed by atoms with van der Waals surface area (Å²) < 4.78 is 0. The van der Waals surface area contributed by atoms with Crippen LogP contribution in [0.1, 0.15) is 158 Å². The number of rotatable bonds is 10. The molecule has 0 fully saturated rings. The van der Waals surface area contributed by atoms with Crippen molar-refractivity contribution in [3.63, 3.8) is 0 Å². The number of allylic oxidation sites excluding steroid dienone is 2. The molecule has 1 aromatic carbocycles. The van der Waals surface area contributed by atoms with Gasteiger partial charge in [-0.05, 0) is 106 Å². The summed E-state index contributed by atoms with van der Waals surface area (Å²) in [5.74, 6) is 1.14. The minimum absolute atomic E-state index is 0.0428. The van der Waals surface area contributed by atoms with Gasteiger partial charge < -0.3 is 0 Å². The molecule has 39 heavy (non-hydrogen) atoms. The van der Waals surface area contributed by atoms with Gasteiger partial charge in [-0.1, -0.05) is 78.5 Å². The fourth-order valence-electron chi connectivity index (χ4n) is 6.31. The van der Waals surface area contributed by atoms with E-state index in [2.05, 4.69) is 74.5 Å². The number of Topliss-reactive ketones (excluding diaryl/α,β-unsaturated/α-hetero) is 3. The Morgan fingerprint density at radius 2 is 1.67 bits per heavy atom. The number of ketones is 3. The normalized spacial score (nSPS) is 17.8. The van der Waals surface area contributed by atoms with E-state index < -0.39 is 0 Å². The van der Waals surface area contributed by atoms with Crippen LogP contribution in [0.5, 0.6) is 0 Å². The van der Waals surface area contributed by atoms with Crippen molar-refractivity contribution in [2.45, 2.75) is 146 Å². The molecule has 0 saturated heterocycles. The van der Waals surface area contributed by atoms with E-state index in [1.54, 1.807) is 5.57 Å². The Morgan fingerprint density at radius 1 is 1.03 bits per heavy atom. The average Bonchev–Trinajstić information content (AvgIpc) is 3.33. The van der Waals surface area contributed by atoms with E-state index in [0.29, 0.717) is 12.3 Å². The first-order valence-corrected chi connectivity index (χ1v) is 15.7. The molecule has 2 aliphatic rings. The zero-order chi connectivity index (χ0) is 29.7. The molecule has 3 nitrogen and oxygen atoms in total. The van der Waals surface area contributed by atoms with Gasteiger partial charge in [-0.3, -0.25) is 14.4 Å². The van der Waals surface area contributed by atoms with Crippen LogP contribution in [0, 0.1) is 31.6 Å². The summed E-state index contributed by atoms with van der Waals surface area (Å²) in [6, 6.07) is 2.27. The molecule has 0 spiro atoms. The molecule has 0 aliphatic heterocycles. The van der Waals surface area contributed by atoms with Crippen LogP contribution in [0.25, 0.3) is 0 Å². The first kappa shape index (κ1) is 35.0. The van der Waals surface area contributed by atoms with Crippen LogP contribution in [-0.2, 0) is 16.0 Å². The van der Waals surface area contributed by atoms with Crippen molar-refractivity contribution in [1.29, 1.82) is 0 Å². The molecular formula is C36H58O3. The number of benzene rings is 1. The topological polar surface area (TPSA) is 51.2 Å². The lowest BCUT2D eigenvalue weighted by Gasteiger charge is -2.33. The number of fused-ring (bicyclic) bond motifs is 1. The van der Waals surface area contributed by atoms with Gasteiger partial charge >= 0.3 is 0 Å². The fraction of sp³-hybridized carbons (Fsp3) is 0.694. The van der Waals surface area contributed by atoms with Gasteiger partial charge in [-0.2, -0.15) is 0 Å². The summed E-state index contributed by atoms with van der Waals surface area (Å²) in [5, 5.41) is 0. The molecule has 0 heterocycles. The maximum atomic E-state index is 13.2. The van der Waals surface area contributed by atoms with Gasteiger partial charge in [0.05, 0.1) is 6.42 Å². The van der Waals surface area contributed by atoms with Gasteiger partial charge in [-0.15, -0.1) is 0 Å². The summed E-state index contributed by atoms with van der Waals surface area (Å²) in [4.78, 5) is 37.5. The number of carbonyl (C=O) groups is 3. The highest BCUT2D eigenvalue weighted by Crippen LogP contribution is 2.39. The molecule has 0 saturated carbocycles. The molecule has 1 aromatic rings. The molecule has 0 aromatic heterocycles. The zero-order valence-electron chi connectivity index (χ0n) is 27.0. The maximum absolute atomic E-state index is 13.2. The Morgan fingerprint density at radius 3 is 2.10 bits per heavy atom. The van der Waals surface area contributed by atoms with E-state index in [1.807, 2.05) is 0 Å². The Labute approximate surface area is 240 Å². The summed E-state index contributed by atoms with van der Waals surface area (Å²) >= 11 is 0. The Hall–Kier alpha value is -2.03. The van der Waals surface area contributed by atoms with Gasteiger partial charge in [0.25, 0.3) is 0 Å². The smallest absolute Gasteiger partial charge is 0.163 e. The number of hydrogen-bond acceptors (Lipinski definition) is 3. The van der Waals surface area contributed by atoms with Crippen LogP contribution in [0.4, 0.5) is 0 Å². The third-order valence-electron chi connectivity index (χ3n) is 8.27. The summed E-state index contributed by atoms with van der Waals surface area (Å²) in [7, 11) is 0. The summed E-state index contributed by atoms with van der Waals surface area (Å²) in [6.07, 6.45) is 12.8. The second-order valence-electron chi connectivity index (χ2n) is 12.4. The van der Waals surface area contributed by atoms with Gasteiger partial charge in [-0.25, -0.2) is 0 Å². The monoisotopic (exact) mass is 538 g/mol. The van der Waals surface area contributed by atoms with Crippen LogP contribution < -0.4 is 0 Å². The number of hydrogen-bond donors (Lipinski definition) is 0. The second kappa shape index (κ2) is 17.6. The van der Waals surface area contributed by atoms with Crippen LogP contribution in [0.3, 0.4) is 0 Å². The Kier molecular flexibility index (Phi) is 15.8. The van der Waals surface area contributed by atoms with Gasteiger partial charge in [0.2, 0.25) is 0 Å². The predicted molar refractivity (Wildman–Crippen MR) is 167 cm³/mol. The lowest BCUT2D eigenvalue weighted by atomic mass is 9.70. The molecule has 0 bridgehead atoms. The van der Waals surface area contributed by atoms with Crippen molar-refractivity contribution in [3.05, 3.63) is 45.5 Å². The maximum Gasteiger partial charge on any atom is 0.163 e. The Bertz CT molecular complexity index is 982. The molecular weight excluding hydrogens is 480 g/mol. The first-order valence-electron chi connectivity index (χ1n) is 15.7. The molecule has 3 heteroatoms. The highest BCUT2D eigenvalue weighted by molar-refractivity contribution is 6.01. The van der Waals surface area contributed by atoms with Crippen molar-refractivity contribution >= 4 is 17.3 Å². The molecule has 3 atom stereocenters. The van der Waals surface area contributed by atoms with E-state index >= 15 is 0 Å². The molecule has 0 amide bonds. The van der Waals surface area contributed by atoms with Crippen molar-refractivity contribution in [1.82, 2.24) is 0 Å². The van der Waals surface area contributed by atoms with E-state index in [9.17, 15) is 14.4 Å². The predicted octanol–water partition coefficient (Wildman–Crippen LogP) is 10.1. The van der Waals surface area contributed by atoms with Gasteiger partial charge in [0.15, 0.2) is 5.78 Å². The van der Waals surface area contributed by atoms with Crippen LogP contribution in [0.2, 0.25) is 0 Å².